The molecule has 0 unspecified atom stereocenters. The van der Waals surface area contributed by atoms with Gasteiger partial charge in [0.1, 0.15) is 5.82 Å². The maximum atomic E-state index is 13.3. The minimum atomic E-state index is -4.31. The van der Waals surface area contributed by atoms with E-state index in [-0.39, 0.29) is 18.0 Å². The lowest BCUT2D eigenvalue weighted by molar-refractivity contribution is -0.148. The molecule has 0 atom stereocenters. The predicted octanol–water partition coefficient (Wildman–Crippen LogP) is 1.03. The third-order valence-corrected chi connectivity index (χ3v) is 3.11. The summed E-state index contributed by atoms with van der Waals surface area (Å²) in [5.41, 5.74) is 0.229. The summed E-state index contributed by atoms with van der Waals surface area (Å²) >= 11 is 0. The summed E-state index contributed by atoms with van der Waals surface area (Å²) in [6.45, 7) is -1.12. The summed E-state index contributed by atoms with van der Waals surface area (Å²) in [4.78, 5) is 1.24. The van der Waals surface area contributed by atoms with Crippen molar-refractivity contribution in [3.8, 4) is 0 Å². The van der Waals surface area contributed by atoms with Crippen LogP contribution in [0.15, 0.2) is 18.2 Å². The minimum Gasteiger partial charge on any atom is -0.423 e. The minimum absolute atomic E-state index is 0.0669. The Morgan fingerprint density at radius 2 is 1.85 bits per heavy atom. The van der Waals surface area contributed by atoms with E-state index in [4.69, 9.17) is 10.0 Å². The Bertz CT molecular complexity index is 477. The Hall–Kier alpha value is -1.12. The molecule has 1 aromatic rings. The van der Waals surface area contributed by atoms with Crippen molar-refractivity contribution in [1.29, 1.82) is 0 Å². The van der Waals surface area contributed by atoms with Crippen LogP contribution in [0.1, 0.15) is 18.4 Å². The van der Waals surface area contributed by atoms with Crippen molar-refractivity contribution in [3.63, 3.8) is 0 Å². The first kappa shape index (κ1) is 15.3. The predicted molar refractivity (Wildman–Crippen MR) is 65.7 cm³/mol. The van der Waals surface area contributed by atoms with Crippen molar-refractivity contribution in [2.75, 3.05) is 6.54 Å². The molecule has 0 amide bonds. The van der Waals surface area contributed by atoms with E-state index in [1.54, 1.807) is 0 Å². The van der Waals surface area contributed by atoms with Crippen LogP contribution >= 0.6 is 0 Å². The number of hydrogen-bond donors (Lipinski definition) is 2. The summed E-state index contributed by atoms with van der Waals surface area (Å²) in [5.74, 6) is -0.701. The van der Waals surface area contributed by atoms with Crippen LogP contribution in [-0.2, 0) is 6.54 Å². The fraction of sp³-hybridized carbons (Fsp3) is 0.500. The number of hydrogen-bond acceptors (Lipinski definition) is 3. The third-order valence-electron chi connectivity index (χ3n) is 3.11. The average Bonchev–Trinajstić information content (AvgIpc) is 3.08. The molecule has 1 aliphatic rings. The van der Waals surface area contributed by atoms with Crippen molar-refractivity contribution >= 4 is 12.6 Å². The van der Waals surface area contributed by atoms with Gasteiger partial charge < -0.3 is 10.0 Å². The van der Waals surface area contributed by atoms with Gasteiger partial charge in [-0.15, -0.1) is 0 Å². The molecule has 8 heteroatoms. The lowest BCUT2D eigenvalue weighted by Crippen LogP contribution is -2.36. The van der Waals surface area contributed by atoms with E-state index in [2.05, 4.69) is 0 Å². The van der Waals surface area contributed by atoms with Crippen LogP contribution in [0.3, 0.4) is 0 Å². The molecule has 1 aliphatic carbocycles. The summed E-state index contributed by atoms with van der Waals surface area (Å²) in [6, 6.07) is 3.22. The standard InChI is InChI=1S/C12H14BF4NO2/c14-10-4-8(3-9(5-10)13(19)20)6-18(11-1-2-11)7-12(15,16)17/h3-5,11,19-20H,1-2,6-7H2. The number of benzene rings is 1. The number of nitrogens with zero attached hydrogens (tertiary/aromatic N) is 1. The molecule has 1 saturated carbocycles. The highest BCUT2D eigenvalue weighted by molar-refractivity contribution is 6.58. The van der Waals surface area contributed by atoms with Crippen LogP contribution in [-0.4, -0.2) is 40.8 Å². The molecule has 0 aliphatic heterocycles. The lowest BCUT2D eigenvalue weighted by atomic mass is 9.79. The maximum Gasteiger partial charge on any atom is 0.488 e. The molecule has 0 spiro atoms. The van der Waals surface area contributed by atoms with Gasteiger partial charge in [-0.2, -0.15) is 13.2 Å². The third kappa shape index (κ3) is 4.47. The summed E-state index contributed by atoms with van der Waals surface area (Å²) in [6.07, 6.45) is -2.92. The van der Waals surface area contributed by atoms with E-state index in [9.17, 15) is 17.6 Å². The highest BCUT2D eigenvalue weighted by atomic mass is 19.4. The summed E-state index contributed by atoms with van der Waals surface area (Å²) in [7, 11) is -1.85. The average molecular weight is 291 g/mol. The highest BCUT2D eigenvalue weighted by Crippen LogP contribution is 2.31. The van der Waals surface area contributed by atoms with Crippen molar-refractivity contribution < 1.29 is 27.6 Å². The van der Waals surface area contributed by atoms with E-state index in [0.717, 1.165) is 12.1 Å². The van der Waals surface area contributed by atoms with Crippen LogP contribution in [0.25, 0.3) is 0 Å². The van der Waals surface area contributed by atoms with Gasteiger partial charge in [-0.3, -0.25) is 4.90 Å². The topological polar surface area (TPSA) is 43.7 Å². The smallest absolute Gasteiger partial charge is 0.423 e. The first-order chi connectivity index (χ1) is 9.24. The molecule has 3 nitrogen and oxygen atoms in total. The molecule has 1 fully saturated rings. The van der Waals surface area contributed by atoms with Crippen LogP contribution in [0.2, 0.25) is 0 Å². The monoisotopic (exact) mass is 291 g/mol. The van der Waals surface area contributed by atoms with Crippen molar-refractivity contribution in [2.24, 2.45) is 0 Å². The van der Waals surface area contributed by atoms with Gasteiger partial charge in [-0.1, -0.05) is 6.07 Å². The summed E-state index contributed by atoms with van der Waals surface area (Å²) < 4.78 is 50.8. The van der Waals surface area contributed by atoms with Crippen molar-refractivity contribution in [2.45, 2.75) is 31.6 Å². The number of alkyl halides is 3. The van der Waals surface area contributed by atoms with Crippen LogP contribution in [0.4, 0.5) is 17.6 Å². The molecule has 0 bridgehead atoms. The normalized spacial score (nSPS) is 15.8. The molecule has 0 heterocycles. The summed E-state index contributed by atoms with van der Waals surface area (Å²) in [5, 5.41) is 18.0. The second kappa shape index (κ2) is 5.71. The van der Waals surface area contributed by atoms with Crippen molar-refractivity contribution in [1.82, 2.24) is 4.90 Å². The molecule has 0 aromatic heterocycles. The molecule has 2 N–H and O–H groups in total. The fourth-order valence-electron chi connectivity index (χ4n) is 2.13. The van der Waals surface area contributed by atoms with E-state index in [1.165, 1.54) is 11.0 Å². The van der Waals surface area contributed by atoms with Crippen LogP contribution in [0.5, 0.6) is 0 Å². The van der Waals surface area contributed by atoms with E-state index in [0.29, 0.717) is 18.4 Å². The molecule has 0 radical (unpaired) electrons. The zero-order valence-electron chi connectivity index (χ0n) is 10.6. The van der Waals surface area contributed by atoms with Gasteiger partial charge in [0.2, 0.25) is 0 Å². The number of halogens is 4. The molecular formula is C12H14BF4NO2. The number of rotatable bonds is 5. The van der Waals surface area contributed by atoms with Gasteiger partial charge in [0, 0.05) is 12.6 Å². The Morgan fingerprint density at radius 3 is 2.35 bits per heavy atom. The van der Waals surface area contributed by atoms with Gasteiger partial charge in [0.25, 0.3) is 0 Å². The first-order valence-electron chi connectivity index (χ1n) is 6.21. The van der Waals surface area contributed by atoms with Crippen LogP contribution in [0, 0.1) is 5.82 Å². The van der Waals surface area contributed by atoms with Crippen LogP contribution < -0.4 is 5.46 Å². The second-order valence-corrected chi connectivity index (χ2v) is 5.02. The molecule has 1 aromatic carbocycles. The maximum absolute atomic E-state index is 13.3. The van der Waals surface area contributed by atoms with Gasteiger partial charge >= 0.3 is 13.3 Å². The van der Waals surface area contributed by atoms with Gasteiger partial charge in [0.15, 0.2) is 0 Å². The van der Waals surface area contributed by atoms with E-state index < -0.39 is 25.7 Å². The Kier molecular flexibility index (Phi) is 4.36. The SMILES string of the molecule is OB(O)c1cc(F)cc(CN(CC(F)(F)F)C2CC2)c1. The zero-order chi connectivity index (χ0) is 14.9. The second-order valence-electron chi connectivity index (χ2n) is 5.02. The highest BCUT2D eigenvalue weighted by Gasteiger charge is 2.38. The first-order valence-corrected chi connectivity index (χ1v) is 6.21. The molecule has 2 rings (SSSR count). The van der Waals surface area contributed by atoms with Crippen molar-refractivity contribution in [3.05, 3.63) is 29.6 Å². The molecule has 20 heavy (non-hydrogen) atoms. The fourth-order valence-corrected chi connectivity index (χ4v) is 2.13. The van der Waals surface area contributed by atoms with Gasteiger partial charge in [0.05, 0.1) is 6.54 Å². The molecular weight excluding hydrogens is 277 g/mol. The molecule has 0 saturated heterocycles. The lowest BCUT2D eigenvalue weighted by Gasteiger charge is -2.23. The largest absolute Gasteiger partial charge is 0.488 e. The Labute approximate surface area is 114 Å². The zero-order valence-corrected chi connectivity index (χ0v) is 10.6. The van der Waals surface area contributed by atoms with Gasteiger partial charge in [-0.25, -0.2) is 4.39 Å². The Balaban J connectivity index is 2.14. The van der Waals surface area contributed by atoms with E-state index in [1.807, 2.05) is 0 Å². The van der Waals surface area contributed by atoms with Gasteiger partial charge in [-0.05, 0) is 36.0 Å². The van der Waals surface area contributed by atoms with E-state index >= 15 is 0 Å². The quantitative estimate of drug-likeness (QED) is 0.629. The Morgan fingerprint density at radius 1 is 1.20 bits per heavy atom. The molecule has 110 valence electrons.